The zero-order chi connectivity index (χ0) is 9.65. The minimum atomic E-state index is -5.56. The van der Waals surface area contributed by atoms with Crippen molar-refractivity contribution in [2.45, 2.75) is 6.18 Å². The molecule has 0 saturated heterocycles. The van der Waals surface area contributed by atoms with Crippen LogP contribution in [0.2, 0.25) is 0 Å². The Bertz CT molecular complexity index is 140. The first kappa shape index (κ1) is 17.2. The Labute approximate surface area is 63.5 Å². The van der Waals surface area contributed by atoms with Crippen LogP contribution in [0.3, 0.4) is 0 Å². The largest absolute Gasteiger partial charge is 0.448 e. The fourth-order valence-electron chi connectivity index (χ4n) is 0.107. The summed E-state index contributed by atoms with van der Waals surface area (Å²) >= 11 is 0. The molecule has 0 aromatic heterocycles. The highest BCUT2D eigenvalue weighted by Crippen LogP contribution is 2.29. The predicted octanol–water partition coefficient (Wildman–Crippen LogP) is 3.58. The van der Waals surface area contributed by atoms with Gasteiger partial charge in [0.25, 0.3) is 5.83 Å². The van der Waals surface area contributed by atoms with Gasteiger partial charge >= 0.3 is 12.3 Å². The standard InChI is InChI=1S/C3F6.C2H4.FH/c4-1(2(5)6)3(7,8)9;1-2;/h;1-2H2;1H. The van der Waals surface area contributed by atoms with Gasteiger partial charge in [-0.05, 0) is 0 Å². The predicted molar refractivity (Wildman–Crippen MR) is 30.2 cm³/mol. The molecule has 0 aliphatic carbocycles. The van der Waals surface area contributed by atoms with Gasteiger partial charge in [-0.15, -0.1) is 13.2 Å². The summed E-state index contributed by atoms with van der Waals surface area (Å²) in [5.41, 5.74) is 0. The van der Waals surface area contributed by atoms with Crippen LogP contribution in [-0.4, -0.2) is 6.18 Å². The van der Waals surface area contributed by atoms with E-state index in [9.17, 15) is 26.3 Å². The van der Waals surface area contributed by atoms with Crippen molar-refractivity contribution in [1.29, 1.82) is 0 Å². The van der Waals surface area contributed by atoms with Gasteiger partial charge in [-0.3, -0.25) is 4.70 Å². The average molecular weight is 198 g/mol. The summed E-state index contributed by atoms with van der Waals surface area (Å²) in [5, 5.41) is 0. The van der Waals surface area contributed by atoms with Crippen molar-refractivity contribution in [3.8, 4) is 0 Å². The first-order valence-electron chi connectivity index (χ1n) is 2.13. The van der Waals surface area contributed by atoms with Gasteiger partial charge in [0.1, 0.15) is 0 Å². The molecule has 0 aliphatic rings. The molecule has 0 rings (SSSR count). The Morgan fingerprint density at radius 3 is 1.17 bits per heavy atom. The molecule has 0 radical (unpaired) electrons. The highest BCUT2D eigenvalue weighted by Gasteiger charge is 2.38. The minimum Gasteiger partial charge on any atom is -0.269 e. The quantitative estimate of drug-likeness (QED) is 0.412. The van der Waals surface area contributed by atoms with Crippen molar-refractivity contribution < 1.29 is 31.0 Å². The van der Waals surface area contributed by atoms with E-state index in [2.05, 4.69) is 13.2 Å². The summed E-state index contributed by atoms with van der Waals surface area (Å²) in [6.07, 6.45) is -8.90. The minimum absolute atomic E-state index is 0. The van der Waals surface area contributed by atoms with E-state index < -0.39 is 18.1 Å². The van der Waals surface area contributed by atoms with Crippen LogP contribution in [-0.2, 0) is 0 Å². The van der Waals surface area contributed by atoms with Gasteiger partial charge in [0, 0.05) is 0 Å². The van der Waals surface area contributed by atoms with E-state index in [-0.39, 0.29) is 4.70 Å². The molecule has 0 heterocycles. The highest BCUT2D eigenvalue weighted by atomic mass is 19.4. The molecule has 0 unspecified atom stereocenters. The van der Waals surface area contributed by atoms with E-state index in [0.29, 0.717) is 0 Å². The lowest BCUT2D eigenvalue weighted by molar-refractivity contribution is -0.113. The summed E-state index contributed by atoms with van der Waals surface area (Å²) in [6, 6.07) is 0. The smallest absolute Gasteiger partial charge is 0.269 e. The molecule has 0 aromatic rings. The zero-order valence-electron chi connectivity index (χ0n) is 5.59. The molecule has 0 amide bonds. The maximum absolute atomic E-state index is 11.0. The zero-order valence-corrected chi connectivity index (χ0v) is 5.59. The van der Waals surface area contributed by atoms with Crippen LogP contribution in [0.5, 0.6) is 0 Å². The Balaban J connectivity index is -0.000000249. The molecule has 0 fully saturated rings. The second-order valence-electron chi connectivity index (χ2n) is 1.07. The maximum atomic E-state index is 11.0. The van der Waals surface area contributed by atoms with Crippen molar-refractivity contribution in [3.63, 3.8) is 0 Å². The first-order valence-corrected chi connectivity index (χ1v) is 2.13. The van der Waals surface area contributed by atoms with Crippen LogP contribution in [0.25, 0.3) is 0 Å². The number of hydrogen-bond acceptors (Lipinski definition) is 0. The lowest BCUT2D eigenvalue weighted by Gasteiger charge is -1.98. The maximum Gasteiger partial charge on any atom is 0.448 e. The van der Waals surface area contributed by atoms with Crippen molar-refractivity contribution in [2.75, 3.05) is 0 Å². The van der Waals surface area contributed by atoms with Crippen LogP contribution in [0.15, 0.2) is 25.1 Å². The monoisotopic (exact) mass is 198 g/mol. The van der Waals surface area contributed by atoms with E-state index >= 15 is 0 Å². The van der Waals surface area contributed by atoms with Gasteiger partial charge in [0.2, 0.25) is 0 Å². The fourth-order valence-corrected chi connectivity index (χ4v) is 0.107. The average Bonchev–Trinajstić information content (AvgIpc) is 1.89. The number of hydrogen-bond donors (Lipinski definition) is 0. The SMILES string of the molecule is C=C.F.FC(F)=C(F)C(F)(F)F. The van der Waals surface area contributed by atoms with Crippen LogP contribution < -0.4 is 0 Å². The molecule has 0 aliphatic heterocycles. The first-order chi connectivity index (χ1) is 4.85. The van der Waals surface area contributed by atoms with E-state index in [4.69, 9.17) is 0 Å². The summed E-state index contributed by atoms with van der Waals surface area (Å²) in [7, 11) is 0. The molecule has 74 valence electrons. The molecule has 0 bridgehead atoms. The van der Waals surface area contributed by atoms with Crippen LogP contribution in [0.1, 0.15) is 0 Å². The van der Waals surface area contributed by atoms with Crippen LogP contribution in [0, 0.1) is 0 Å². The van der Waals surface area contributed by atoms with Gasteiger partial charge in [-0.1, -0.05) is 0 Å². The summed E-state index contributed by atoms with van der Waals surface area (Å²) in [6.45, 7) is 6.00. The number of rotatable bonds is 0. The van der Waals surface area contributed by atoms with Crippen molar-refractivity contribution >= 4 is 0 Å². The van der Waals surface area contributed by atoms with Gasteiger partial charge in [-0.2, -0.15) is 26.3 Å². The topological polar surface area (TPSA) is 0 Å². The second-order valence-corrected chi connectivity index (χ2v) is 1.07. The van der Waals surface area contributed by atoms with Gasteiger partial charge < -0.3 is 0 Å². The number of halogens is 7. The Hall–Kier alpha value is -1.01. The summed E-state index contributed by atoms with van der Waals surface area (Å²) < 4.78 is 64.8. The molecule has 0 saturated carbocycles. The van der Waals surface area contributed by atoms with Gasteiger partial charge in [0.05, 0.1) is 0 Å². The Morgan fingerprint density at radius 2 is 1.17 bits per heavy atom. The third kappa shape index (κ3) is 7.10. The Kier molecular flexibility index (Phi) is 9.57. The van der Waals surface area contributed by atoms with Crippen molar-refractivity contribution in [2.24, 2.45) is 0 Å². The molecule has 7 heteroatoms. The van der Waals surface area contributed by atoms with Gasteiger partial charge in [-0.25, -0.2) is 0 Å². The van der Waals surface area contributed by atoms with E-state index in [1.807, 2.05) is 0 Å². The molecule has 0 atom stereocenters. The third-order valence-corrected chi connectivity index (χ3v) is 0.415. The lowest BCUT2D eigenvalue weighted by Crippen LogP contribution is -2.08. The molecule has 0 aromatic carbocycles. The fraction of sp³-hybridized carbons (Fsp3) is 0.200. The van der Waals surface area contributed by atoms with Crippen molar-refractivity contribution in [3.05, 3.63) is 25.1 Å². The number of allylic oxidation sites excluding steroid dienone is 1. The molecular formula is C5H5F7. The lowest BCUT2D eigenvalue weighted by atomic mass is 10.6. The highest BCUT2D eigenvalue weighted by molar-refractivity contribution is 4.98. The molecule has 0 nitrogen and oxygen atoms in total. The third-order valence-electron chi connectivity index (χ3n) is 0.415. The van der Waals surface area contributed by atoms with E-state index in [1.54, 1.807) is 0 Å². The summed E-state index contributed by atoms with van der Waals surface area (Å²) in [4.78, 5) is 0. The van der Waals surface area contributed by atoms with Crippen LogP contribution in [0.4, 0.5) is 31.0 Å². The van der Waals surface area contributed by atoms with Crippen LogP contribution >= 0.6 is 0 Å². The normalized spacial score (nSPS) is 8.83. The molecular weight excluding hydrogens is 193 g/mol. The second kappa shape index (κ2) is 6.68. The molecule has 0 N–H and O–H groups in total. The summed E-state index contributed by atoms with van der Waals surface area (Å²) in [5.74, 6) is -3.33. The molecule has 0 spiro atoms. The van der Waals surface area contributed by atoms with Gasteiger partial charge in [0.15, 0.2) is 0 Å². The van der Waals surface area contributed by atoms with Crippen molar-refractivity contribution in [1.82, 2.24) is 0 Å². The van der Waals surface area contributed by atoms with E-state index in [1.165, 1.54) is 0 Å². The number of alkyl halides is 3. The van der Waals surface area contributed by atoms with E-state index in [0.717, 1.165) is 0 Å². The molecule has 12 heavy (non-hydrogen) atoms. The Morgan fingerprint density at radius 1 is 0.917 bits per heavy atom.